The molecule has 0 atom stereocenters. The Balaban J connectivity index is 2.50. The number of anilines is 1. The van der Waals surface area contributed by atoms with Crippen molar-refractivity contribution in [1.82, 2.24) is 14.6 Å². The summed E-state index contributed by atoms with van der Waals surface area (Å²) in [7, 11) is 1.68. The van der Waals surface area contributed by atoms with Gasteiger partial charge in [0.25, 0.3) is 5.91 Å². The molecule has 17 heavy (non-hydrogen) atoms. The standard InChI is InChI=1S/C10H12FN5O/c1-15(6-4-11)10-13-9-7(8(12)17)3-2-5-16(9)14-10/h2-3,5H,4,6H2,1H3,(H2,12,17). The number of hydrogen-bond donors (Lipinski definition) is 1. The van der Waals surface area contributed by atoms with E-state index < -0.39 is 12.6 Å². The summed E-state index contributed by atoms with van der Waals surface area (Å²) in [6.07, 6.45) is 1.65. The van der Waals surface area contributed by atoms with E-state index in [4.69, 9.17) is 5.73 Å². The van der Waals surface area contributed by atoms with Gasteiger partial charge < -0.3 is 10.6 Å². The maximum Gasteiger partial charge on any atom is 0.252 e. The second kappa shape index (κ2) is 4.36. The molecule has 0 aliphatic heterocycles. The van der Waals surface area contributed by atoms with Crippen molar-refractivity contribution in [3.8, 4) is 0 Å². The second-order valence-corrected chi connectivity index (χ2v) is 3.58. The van der Waals surface area contributed by atoms with Gasteiger partial charge in [0.05, 0.1) is 5.56 Å². The van der Waals surface area contributed by atoms with Gasteiger partial charge in [0.1, 0.15) is 6.67 Å². The molecule has 0 bridgehead atoms. The van der Waals surface area contributed by atoms with Gasteiger partial charge >= 0.3 is 0 Å². The second-order valence-electron chi connectivity index (χ2n) is 3.58. The van der Waals surface area contributed by atoms with E-state index in [1.54, 1.807) is 30.3 Å². The molecule has 0 saturated carbocycles. The van der Waals surface area contributed by atoms with Crippen molar-refractivity contribution in [2.24, 2.45) is 5.73 Å². The molecule has 6 nitrogen and oxygen atoms in total. The molecule has 2 aromatic rings. The maximum absolute atomic E-state index is 12.2. The first-order valence-electron chi connectivity index (χ1n) is 5.06. The highest BCUT2D eigenvalue weighted by atomic mass is 19.1. The number of primary amides is 1. The van der Waals surface area contributed by atoms with Crippen molar-refractivity contribution >= 4 is 17.5 Å². The smallest absolute Gasteiger partial charge is 0.252 e. The van der Waals surface area contributed by atoms with E-state index in [0.29, 0.717) is 17.2 Å². The quantitative estimate of drug-likeness (QED) is 0.826. The third kappa shape index (κ3) is 2.03. The first-order chi connectivity index (χ1) is 8.13. The molecular formula is C10H12FN5O. The Kier molecular flexibility index (Phi) is 2.90. The zero-order chi connectivity index (χ0) is 12.4. The van der Waals surface area contributed by atoms with Gasteiger partial charge in [0.15, 0.2) is 5.65 Å². The Morgan fingerprint density at radius 2 is 2.41 bits per heavy atom. The summed E-state index contributed by atoms with van der Waals surface area (Å²) in [5.74, 6) is -0.209. The lowest BCUT2D eigenvalue weighted by Crippen LogP contribution is -2.21. The Hall–Kier alpha value is -2.18. The van der Waals surface area contributed by atoms with Crippen LogP contribution in [0.15, 0.2) is 18.3 Å². The van der Waals surface area contributed by atoms with E-state index in [1.807, 2.05) is 0 Å². The number of nitrogens with two attached hydrogens (primary N) is 1. The van der Waals surface area contributed by atoms with Gasteiger partial charge in [-0.25, -0.2) is 8.91 Å². The molecule has 2 rings (SSSR count). The van der Waals surface area contributed by atoms with Gasteiger partial charge in [0, 0.05) is 19.8 Å². The summed E-state index contributed by atoms with van der Waals surface area (Å²) < 4.78 is 13.7. The molecule has 7 heteroatoms. The van der Waals surface area contributed by atoms with Gasteiger partial charge in [-0.3, -0.25) is 4.79 Å². The number of carbonyl (C=O) groups excluding carboxylic acids is 1. The van der Waals surface area contributed by atoms with E-state index in [2.05, 4.69) is 10.1 Å². The van der Waals surface area contributed by atoms with Crippen molar-refractivity contribution in [3.05, 3.63) is 23.9 Å². The summed E-state index contributed by atoms with van der Waals surface area (Å²) in [6.45, 7) is -0.294. The number of alkyl halides is 1. The number of nitrogens with zero attached hydrogens (tertiary/aromatic N) is 4. The molecule has 0 fully saturated rings. The van der Waals surface area contributed by atoms with Crippen molar-refractivity contribution in [2.75, 3.05) is 25.2 Å². The van der Waals surface area contributed by atoms with Crippen LogP contribution in [0.1, 0.15) is 10.4 Å². The van der Waals surface area contributed by atoms with E-state index in [9.17, 15) is 9.18 Å². The molecule has 0 aromatic carbocycles. The highest BCUT2D eigenvalue weighted by Gasteiger charge is 2.13. The largest absolute Gasteiger partial charge is 0.365 e. The zero-order valence-corrected chi connectivity index (χ0v) is 9.30. The summed E-state index contributed by atoms with van der Waals surface area (Å²) in [6, 6.07) is 3.23. The fourth-order valence-corrected chi connectivity index (χ4v) is 1.48. The minimum atomic E-state index is -0.567. The fraction of sp³-hybridized carbons (Fsp3) is 0.300. The number of aromatic nitrogens is 3. The Morgan fingerprint density at radius 1 is 1.65 bits per heavy atom. The van der Waals surface area contributed by atoms with Crippen LogP contribution in [-0.2, 0) is 0 Å². The van der Waals surface area contributed by atoms with E-state index in [0.717, 1.165) is 0 Å². The molecule has 1 amide bonds. The van der Waals surface area contributed by atoms with E-state index >= 15 is 0 Å². The molecule has 2 aromatic heterocycles. The van der Waals surface area contributed by atoms with Gasteiger partial charge in [-0.2, -0.15) is 4.98 Å². The first kappa shape index (κ1) is 11.3. The lowest BCUT2D eigenvalue weighted by Gasteiger charge is -2.10. The molecule has 0 unspecified atom stereocenters. The van der Waals surface area contributed by atoms with Crippen LogP contribution in [0, 0.1) is 0 Å². The first-order valence-corrected chi connectivity index (χ1v) is 5.06. The van der Waals surface area contributed by atoms with Crippen LogP contribution in [0.5, 0.6) is 0 Å². The third-order valence-corrected chi connectivity index (χ3v) is 2.38. The van der Waals surface area contributed by atoms with Crippen LogP contribution in [0.3, 0.4) is 0 Å². The molecule has 2 N–H and O–H groups in total. The topological polar surface area (TPSA) is 76.5 Å². The molecule has 0 aliphatic carbocycles. The lowest BCUT2D eigenvalue weighted by atomic mass is 10.2. The summed E-state index contributed by atoms with van der Waals surface area (Å²) in [5.41, 5.74) is 5.90. The predicted molar refractivity (Wildman–Crippen MR) is 60.7 cm³/mol. The van der Waals surface area contributed by atoms with E-state index in [-0.39, 0.29) is 6.54 Å². The molecule has 0 spiro atoms. The predicted octanol–water partition coefficient (Wildman–Crippen LogP) is 0.234. The van der Waals surface area contributed by atoms with Gasteiger partial charge in [-0.1, -0.05) is 0 Å². The Labute approximate surface area is 96.8 Å². The monoisotopic (exact) mass is 237 g/mol. The summed E-state index contributed by atoms with van der Waals surface area (Å²) in [5, 5.41) is 4.13. The minimum absolute atomic E-state index is 0.197. The van der Waals surface area contributed by atoms with Gasteiger partial charge in [-0.15, -0.1) is 5.10 Å². The number of halogens is 1. The molecule has 90 valence electrons. The molecule has 2 heterocycles. The fourth-order valence-electron chi connectivity index (χ4n) is 1.48. The number of fused-ring (bicyclic) bond motifs is 1. The Bertz CT molecular complexity index is 553. The maximum atomic E-state index is 12.2. The van der Waals surface area contributed by atoms with Crippen LogP contribution in [0.2, 0.25) is 0 Å². The summed E-state index contributed by atoms with van der Waals surface area (Å²) >= 11 is 0. The van der Waals surface area contributed by atoms with Crippen molar-refractivity contribution in [1.29, 1.82) is 0 Å². The molecule has 0 aliphatic rings. The highest BCUT2D eigenvalue weighted by Crippen LogP contribution is 2.12. The van der Waals surface area contributed by atoms with E-state index in [1.165, 1.54) is 4.52 Å². The van der Waals surface area contributed by atoms with Gasteiger partial charge in [0.2, 0.25) is 5.95 Å². The SMILES string of the molecule is CN(CCF)c1nc2c(C(N)=O)cccn2n1. The van der Waals surface area contributed by atoms with Crippen molar-refractivity contribution in [3.63, 3.8) is 0 Å². The lowest BCUT2D eigenvalue weighted by molar-refractivity contribution is 0.100. The average molecular weight is 237 g/mol. The average Bonchev–Trinajstić information content (AvgIpc) is 2.72. The van der Waals surface area contributed by atoms with Crippen LogP contribution in [-0.4, -0.2) is 40.8 Å². The summed E-state index contributed by atoms with van der Waals surface area (Å²) in [4.78, 5) is 16.9. The van der Waals surface area contributed by atoms with Crippen LogP contribution >= 0.6 is 0 Å². The van der Waals surface area contributed by atoms with Crippen LogP contribution in [0.25, 0.3) is 5.65 Å². The van der Waals surface area contributed by atoms with Crippen LogP contribution < -0.4 is 10.6 Å². The number of hydrogen-bond acceptors (Lipinski definition) is 4. The number of rotatable bonds is 4. The molecule has 0 saturated heterocycles. The molecule has 0 radical (unpaired) electrons. The highest BCUT2D eigenvalue weighted by molar-refractivity contribution is 5.98. The van der Waals surface area contributed by atoms with Crippen molar-refractivity contribution < 1.29 is 9.18 Å². The van der Waals surface area contributed by atoms with Crippen molar-refractivity contribution in [2.45, 2.75) is 0 Å². The van der Waals surface area contributed by atoms with Crippen LogP contribution in [0.4, 0.5) is 10.3 Å². The van der Waals surface area contributed by atoms with Gasteiger partial charge in [-0.05, 0) is 12.1 Å². The number of amides is 1. The zero-order valence-electron chi connectivity index (χ0n) is 9.30. The molecular weight excluding hydrogens is 225 g/mol. The normalized spacial score (nSPS) is 10.7. The third-order valence-electron chi connectivity index (χ3n) is 2.38. The minimum Gasteiger partial charge on any atom is -0.365 e. The Morgan fingerprint density at radius 3 is 3.06 bits per heavy atom. The number of carbonyl (C=O) groups is 1. The number of pyridine rings is 1.